The maximum atomic E-state index is 13.8. The van der Waals surface area contributed by atoms with E-state index in [1.165, 1.54) is 6.07 Å². The number of fused-ring (bicyclic) bond motifs is 1. The van der Waals surface area contributed by atoms with Crippen LogP contribution in [0.1, 0.15) is 18.5 Å². The van der Waals surface area contributed by atoms with Crippen LogP contribution >= 0.6 is 0 Å². The first-order valence-corrected chi connectivity index (χ1v) is 6.85. The Morgan fingerprint density at radius 3 is 2.43 bits per heavy atom. The van der Waals surface area contributed by atoms with Gasteiger partial charge in [-0.2, -0.15) is 0 Å². The molecule has 1 N–H and O–H groups in total. The highest BCUT2D eigenvalue weighted by atomic mass is 19.2. The topological polar surface area (TPSA) is 12.0 Å². The van der Waals surface area contributed by atoms with Gasteiger partial charge in [-0.25, -0.2) is 8.78 Å². The standard InChI is InChI=1S/C18H15F2N/c1-12(21-17-11-5-10-16(19)18(17)20)14-9-4-7-13-6-2-3-8-15(13)14/h2-12,21H,1H3. The summed E-state index contributed by atoms with van der Waals surface area (Å²) >= 11 is 0. The smallest absolute Gasteiger partial charge is 0.181 e. The van der Waals surface area contributed by atoms with Gasteiger partial charge < -0.3 is 5.32 Å². The molecule has 0 aliphatic heterocycles. The number of hydrogen-bond donors (Lipinski definition) is 1. The fourth-order valence-corrected chi connectivity index (χ4v) is 2.55. The Balaban J connectivity index is 1.97. The molecule has 0 radical (unpaired) electrons. The third-order valence-electron chi connectivity index (χ3n) is 3.61. The summed E-state index contributed by atoms with van der Waals surface area (Å²) in [7, 11) is 0. The number of nitrogens with one attached hydrogen (secondary N) is 1. The molecule has 0 bridgehead atoms. The van der Waals surface area contributed by atoms with E-state index in [0.29, 0.717) is 0 Å². The van der Waals surface area contributed by atoms with Gasteiger partial charge in [-0.1, -0.05) is 48.5 Å². The van der Waals surface area contributed by atoms with Gasteiger partial charge in [-0.3, -0.25) is 0 Å². The van der Waals surface area contributed by atoms with Crippen molar-refractivity contribution in [2.75, 3.05) is 5.32 Å². The highest BCUT2D eigenvalue weighted by Gasteiger charge is 2.13. The third-order valence-corrected chi connectivity index (χ3v) is 3.61. The van der Waals surface area contributed by atoms with Gasteiger partial charge in [0.15, 0.2) is 11.6 Å². The lowest BCUT2D eigenvalue weighted by Crippen LogP contribution is -2.09. The Morgan fingerprint density at radius 2 is 1.57 bits per heavy atom. The molecule has 1 unspecified atom stereocenters. The van der Waals surface area contributed by atoms with E-state index in [9.17, 15) is 8.78 Å². The second kappa shape index (κ2) is 5.52. The molecule has 0 amide bonds. The zero-order valence-electron chi connectivity index (χ0n) is 11.6. The summed E-state index contributed by atoms with van der Waals surface area (Å²) in [5, 5.41) is 5.28. The van der Waals surface area contributed by atoms with Gasteiger partial charge in [0.1, 0.15) is 0 Å². The minimum atomic E-state index is -0.843. The summed E-state index contributed by atoms with van der Waals surface area (Å²) in [6.07, 6.45) is 0. The lowest BCUT2D eigenvalue weighted by atomic mass is 9.99. The minimum Gasteiger partial charge on any atom is -0.376 e. The second-order valence-corrected chi connectivity index (χ2v) is 5.04. The van der Waals surface area contributed by atoms with Crippen LogP contribution in [0.25, 0.3) is 10.8 Å². The van der Waals surface area contributed by atoms with Crippen LogP contribution < -0.4 is 5.32 Å². The number of benzene rings is 3. The van der Waals surface area contributed by atoms with Gasteiger partial charge in [-0.15, -0.1) is 0 Å². The van der Waals surface area contributed by atoms with Crippen molar-refractivity contribution in [3.63, 3.8) is 0 Å². The molecular formula is C18H15F2N. The zero-order chi connectivity index (χ0) is 14.8. The normalized spacial score (nSPS) is 12.3. The van der Waals surface area contributed by atoms with Crippen molar-refractivity contribution in [1.82, 2.24) is 0 Å². The zero-order valence-corrected chi connectivity index (χ0v) is 11.6. The Morgan fingerprint density at radius 1 is 0.857 bits per heavy atom. The van der Waals surface area contributed by atoms with Crippen molar-refractivity contribution in [1.29, 1.82) is 0 Å². The van der Waals surface area contributed by atoms with Crippen molar-refractivity contribution in [3.8, 4) is 0 Å². The van der Waals surface area contributed by atoms with E-state index in [-0.39, 0.29) is 11.7 Å². The number of hydrogen-bond acceptors (Lipinski definition) is 1. The van der Waals surface area contributed by atoms with Crippen LogP contribution in [0.2, 0.25) is 0 Å². The summed E-state index contributed by atoms with van der Waals surface area (Å²) in [6, 6.07) is 18.0. The van der Waals surface area contributed by atoms with Crippen LogP contribution in [-0.2, 0) is 0 Å². The van der Waals surface area contributed by atoms with Crippen LogP contribution in [0, 0.1) is 11.6 Å². The van der Waals surface area contributed by atoms with Gasteiger partial charge in [0, 0.05) is 6.04 Å². The number of rotatable bonds is 3. The molecule has 0 aliphatic carbocycles. The minimum absolute atomic E-state index is 0.132. The fourth-order valence-electron chi connectivity index (χ4n) is 2.55. The van der Waals surface area contributed by atoms with Crippen molar-refractivity contribution in [2.45, 2.75) is 13.0 Å². The predicted molar refractivity (Wildman–Crippen MR) is 82.3 cm³/mol. The molecule has 3 aromatic carbocycles. The first-order valence-electron chi connectivity index (χ1n) is 6.85. The Bertz CT molecular complexity index is 778. The molecule has 0 fully saturated rings. The van der Waals surface area contributed by atoms with Crippen LogP contribution in [0.3, 0.4) is 0 Å². The van der Waals surface area contributed by atoms with Crippen LogP contribution in [0.5, 0.6) is 0 Å². The molecular weight excluding hydrogens is 268 g/mol. The SMILES string of the molecule is CC(Nc1cccc(F)c1F)c1cccc2ccccc12. The van der Waals surface area contributed by atoms with E-state index >= 15 is 0 Å². The molecule has 1 nitrogen and oxygen atoms in total. The van der Waals surface area contributed by atoms with Gasteiger partial charge in [0.2, 0.25) is 0 Å². The third kappa shape index (κ3) is 2.59. The summed E-state index contributed by atoms with van der Waals surface area (Å²) in [5.74, 6) is -1.69. The average Bonchev–Trinajstić information content (AvgIpc) is 2.51. The molecule has 3 heteroatoms. The molecule has 0 spiro atoms. The molecule has 0 saturated carbocycles. The summed E-state index contributed by atoms with van der Waals surface area (Å²) in [6.45, 7) is 1.94. The van der Waals surface area contributed by atoms with E-state index < -0.39 is 11.6 Å². The maximum absolute atomic E-state index is 13.8. The summed E-state index contributed by atoms with van der Waals surface area (Å²) in [4.78, 5) is 0. The van der Waals surface area contributed by atoms with Gasteiger partial charge >= 0.3 is 0 Å². The molecule has 3 aromatic rings. The molecule has 21 heavy (non-hydrogen) atoms. The first kappa shape index (κ1) is 13.6. The van der Waals surface area contributed by atoms with E-state index in [2.05, 4.69) is 5.32 Å². The van der Waals surface area contributed by atoms with E-state index in [0.717, 1.165) is 22.4 Å². The van der Waals surface area contributed by atoms with Crippen molar-refractivity contribution < 1.29 is 8.78 Å². The number of anilines is 1. The maximum Gasteiger partial charge on any atom is 0.181 e. The van der Waals surface area contributed by atoms with Crippen molar-refractivity contribution in [2.24, 2.45) is 0 Å². The van der Waals surface area contributed by atoms with Gasteiger partial charge in [0.25, 0.3) is 0 Å². The number of halogens is 2. The Hall–Kier alpha value is -2.42. The largest absolute Gasteiger partial charge is 0.376 e. The highest BCUT2D eigenvalue weighted by molar-refractivity contribution is 5.86. The summed E-state index contributed by atoms with van der Waals surface area (Å²) in [5.41, 5.74) is 1.23. The van der Waals surface area contributed by atoms with E-state index in [4.69, 9.17) is 0 Å². The summed E-state index contributed by atoms with van der Waals surface area (Å²) < 4.78 is 27.0. The second-order valence-electron chi connectivity index (χ2n) is 5.04. The fraction of sp³-hybridized carbons (Fsp3) is 0.111. The lowest BCUT2D eigenvalue weighted by molar-refractivity contribution is 0.510. The van der Waals surface area contributed by atoms with Crippen LogP contribution in [0.4, 0.5) is 14.5 Å². The Kier molecular flexibility index (Phi) is 3.57. The van der Waals surface area contributed by atoms with E-state index in [1.54, 1.807) is 6.07 Å². The first-order chi connectivity index (χ1) is 10.2. The molecule has 0 saturated heterocycles. The molecule has 0 aromatic heterocycles. The van der Waals surface area contributed by atoms with Crippen molar-refractivity contribution in [3.05, 3.63) is 77.9 Å². The van der Waals surface area contributed by atoms with Gasteiger partial charge in [-0.05, 0) is 35.4 Å². The molecule has 1 atom stereocenters. The highest BCUT2D eigenvalue weighted by Crippen LogP contribution is 2.28. The molecule has 0 aliphatic rings. The molecule has 106 valence electrons. The quantitative estimate of drug-likeness (QED) is 0.688. The molecule has 0 heterocycles. The van der Waals surface area contributed by atoms with Crippen LogP contribution in [0.15, 0.2) is 60.7 Å². The predicted octanol–water partition coefficient (Wildman–Crippen LogP) is 5.29. The molecule has 3 rings (SSSR count). The van der Waals surface area contributed by atoms with Crippen LogP contribution in [-0.4, -0.2) is 0 Å². The Labute approximate surface area is 122 Å². The van der Waals surface area contributed by atoms with Gasteiger partial charge in [0.05, 0.1) is 5.69 Å². The average molecular weight is 283 g/mol. The van der Waals surface area contributed by atoms with E-state index in [1.807, 2.05) is 49.4 Å². The monoisotopic (exact) mass is 283 g/mol. The van der Waals surface area contributed by atoms with Crippen molar-refractivity contribution >= 4 is 16.5 Å². The lowest BCUT2D eigenvalue weighted by Gasteiger charge is -2.18.